The Balaban J connectivity index is 3.09. The van der Waals surface area contributed by atoms with Gasteiger partial charge >= 0.3 is 0 Å². The lowest BCUT2D eigenvalue weighted by Gasteiger charge is -2.19. The molecular formula is C12H20BrN3O2S. The number of hydrogen-bond acceptors (Lipinski definition) is 4. The SMILES string of the molecule is CCNc1ncc(Br)cc1S(=O)(=O)NCC(C)(C)C. The molecular weight excluding hydrogens is 330 g/mol. The van der Waals surface area contributed by atoms with Crippen molar-refractivity contribution in [3.63, 3.8) is 0 Å². The van der Waals surface area contributed by atoms with Gasteiger partial charge in [0.25, 0.3) is 0 Å². The van der Waals surface area contributed by atoms with Gasteiger partial charge in [0.1, 0.15) is 10.7 Å². The zero-order valence-corrected chi connectivity index (χ0v) is 14.0. The van der Waals surface area contributed by atoms with Crippen LogP contribution < -0.4 is 10.0 Å². The Morgan fingerprint density at radius 2 is 2.00 bits per heavy atom. The van der Waals surface area contributed by atoms with Crippen molar-refractivity contribution in [2.75, 3.05) is 18.4 Å². The second kappa shape index (κ2) is 6.19. The molecule has 2 N–H and O–H groups in total. The van der Waals surface area contributed by atoms with E-state index >= 15 is 0 Å². The molecule has 0 aliphatic heterocycles. The summed E-state index contributed by atoms with van der Waals surface area (Å²) in [6, 6.07) is 1.55. The molecule has 0 bridgehead atoms. The summed E-state index contributed by atoms with van der Waals surface area (Å²) in [6.07, 6.45) is 1.57. The summed E-state index contributed by atoms with van der Waals surface area (Å²) in [5.41, 5.74) is -0.120. The predicted octanol–water partition coefficient (Wildman–Crippen LogP) is 2.60. The van der Waals surface area contributed by atoms with E-state index in [1.165, 1.54) is 0 Å². The van der Waals surface area contributed by atoms with Gasteiger partial charge in [-0.3, -0.25) is 0 Å². The van der Waals surface area contributed by atoms with Crippen LogP contribution in [0.15, 0.2) is 21.6 Å². The summed E-state index contributed by atoms with van der Waals surface area (Å²) in [6.45, 7) is 8.78. The highest BCUT2D eigenvalue weighted by atomic mass is 79.9. The number of aromatic nitrogens is 1. The molecule has 0 aliphatic rings. The van der Waals surface area contributed by atoms with Gasteiger partial charge in [0.05, 0.1) is 0 Å². The minimum Gasteiger partial charge on any atom is -0.369 e. The van der Waals surface area contributed by atoms with Crippen molar-refractivity contribution in [1.82, 2.24) is 9.71 Å². The molecule has 0 unspecified atom stereocenters. The van der Waals surface area contributed by atoms with E-state index in [-0.39, 0.29) is 10.3 Å². The van der Waals surface area contributed by atoms with Crippen molar-refractivity contribution in [1.29, 1.82) is 0 Å². The van der Waals surface area contributed by atoms with Crippen LogP contribution in [0.25, 0.3) is 0 Å². The van der Waals surface area contributed by atoms with Crippen molar-refractivity contribution in [2.24, 2.45) is 5.41 Å². The minimum atomic E-state index is -3.57. The van der Waals surface area contributed by atoms with E-state index in [0.29, 0.717) is 23.4 Å². The van der Waals surface area contributed by atoms with Gasteiger partial charge in [-0.05, 0) is 34.3 Å². The van der Waals surface area contributed by atoms with Crippen molar-refractivity contribution >= 4 is 31.8 Å². The average molecular weight is 350 g/mol. The maximum atomic E-state index is 12.3. The van der Waals surface area contributed by atoms with E-state index in [9.17, 15) is 8.42 Å². The number of rotatable bonds is 5. The van der Waals surface area contributed by atoms with E-state index in [1.807, 2.05) is 27.7 Å². The molecule has 1 aromatic heterocycles. The van der Waals surface area contributed by atoms with Crippen LogP contribution in [0.2, 0.25) is 0 Å². The molecule has 0 fully saturated rings. The molecule has 0 saturated heterocycles. The van der Waals surface area contributed by atoms with Gasteiger partial charge in [-0.25, -0.2) is 18.1 Å². The summed E-state index contributed by atoms with van der Waals surface area (Å²) in [5.74, 6) is 0.368. The number of anilines is 1. The number of pyridine rings is 1. The van der Waals surface area contributed by atoms with Crippen molar-refractivity contribution in [3.05, 3.63) is 16.7 Å². The van der Waals surface area contributed by atoms with Crippen LogP contribution in [0.5, 0.6) is 0 Å². The summed E-state index contributed by atoms with van der Waals surface area (Å²) in [4.78, 5) is 4.26. The van der Waals surface area contributed by atoms with Gasteiger partial charge in [0.15, 0.2) is 0 Å². The molecule has 0 saturated carbocycles. The summed E-state index contributed by atoms with van der Waals surface area (Å²) in [7, 11) is -3.57. The topological polar surface area (TPSA) is 71.1 Å². The second-order valence-electron chi connectivity index (χ2n) is 5.42. The molecule has 0 aromatic carbocycles. The van der Waals surface area contributed by atoms with Gasteiger partial charge in [-0.2, -0.15) is 0 Å². The van der Waals surface area contributed by atoms with Crippen molar-refractivity contribution in [3.8, 4) is 0 Å². The van der Waals surface area contributed by atoms with E-state index in [0.717, 1.165) is 0 Å². The molecule has 7 heteroatoms. The average Bonchev–Trinajstić information content (AvgIpc) is 2.28. The van der Waals surface area contributed by atoms with Gasteiger partial charge in [0, 0.05) is 23.8 Å². The highest BCUT2D eigenvalue weighted by Crippen LogP contribution is 2.23. The smallest absolute Gasteiger partial charge is 0.244 e. The Kier molecular flexibility index (Phi) is 5.34. The van der Waals surface area contributed by atoms with Crippen LogP contribution >= 0.6 is 15.9 Å². The summed E-state index contributed by atoms with van der Waals surface area (Å²) < 4.78 is 27.9. The Bertz CT molecular complexity index is 538. The van der Waals surface area contributed by atoms with Crippen LogP contribution in [-0.4, -0.2) is 26.5 Å². The van der Waals surface area contributed by atoms with E-state index in [2.05, 4.69) is 31.0 Å². The maximum Gasteiger partial charge on any atom is 0.244 e. The van der Waals surface area contributed by atoms with Crippen molar-refractivity contribution in [2.45, 2.75) is 32.6 Å². The van der Waals surface area contributed by atoms with Crippen LogP contribution in [-0.2, 0) is 10.0 Å². The molecule has 0 atom stereocenters. The second-order valence-corrected chi connectivity index (χ2v) is 8.07. The molecule has 0 aliphatic carbocycles. The first kappa shape index (κ1) is 16.4. The molecule has 108 valence electrons. The van der Waals surface area contributed by atoms with Crippen molar-refractivity contribution < 1.29 is 8.42 Å². The maximum absolute atomic E-state index is 12.3. The van der Waals surface area contributed by atoms with Gasteiger partial charge < -0.3 is 5.32 Å². The van der Waals surface area contributed by atoms with E-state index in [1.54, 1.807) is 12.3 Å². The Morgan fingerprint density at radius 3 is 2.53 bits per heavy atom. The normalized spacial score (nSPS) is 12.5. The zero-order valence-electron chi connectivity index (χ0n) is 11.6. The fourth-order valence-corrected chi connectivity index (χ4v) is 3.24. The third-order valence-electron chi connectivity index (χ3n) is 2.25. The lowest BCUT2D eigenvalue weighted by Crippen LogP contribution is -2.32. The quantitative estimate of drug-likeness (QED) is 0.856. The number of halogens is 1. The van der Waals surface area contributed by atoms with Gasteiger partial charge in [-0.15, -0.1) is 0 Å². The van der Waals surface area contributed by atoms with Crippen LogP contribution in [0.4, 0.5) is 5.82 Å². The molecule has 1 heterocycles. The molecule has 5 nitrogen and oxygen atoms in total. The van der Waals surface area contributed by atoms with E-state index < -0.39 is 10.0 Å². The first-order chi connectivity index (χ1) is 8.65. The fourth-order valence-electron chi connectivity index (χ4n) is 1.32. The Hall–Kier alpha value is -0.660. The van der Waals surface area contributed by atoms with Crippen LogP contribution in [0.1, 0.15) is 27.7 Å². The van der Waals surface area contributed by atoms with Gasteiger partial charge in [0.2, 0.25) is 10.0 Å². The Labute approximate surface area is 123 Å². The molecule has 0 spiro atoms. The summed E-state index contributed by atoms with van der Waals surface area (Å²) in [5, 5.41) is 2.96. The molecule has 0 radical (unpaired) electrons. The first-order valence-corrected chi connectivity index (χ1v) is 8.32. The monoisotopic (exact) mass is 349 g/mol. The minimum absolute atomic E-state index is 0.120. The zero-order chi connectivity index (χ0) is 14.7. The van der Waals surface area contributed by atoms with Gasteiger partial charge in [-0.1, -0.05) is 20.8 Å². The first-order valence-electron chi connectivity index (χ1n) is 6.05. The molecule has 0 amide bonds. The lowest BCUT2D eigenvalue weighted by atomic mass is 9.98. The standard InChI is InChI=1S/C12H20BrN3O2S/c1-5-14-11-10(6-9(13)7-15-11)19(17,18)16-8-12(2,3)4/h6-7,16H,5,8H2,1-4H3,(H,14,15). The van der Waals surface area contributed by atoms with Crippen LogP contribution in [0, 0.1) is 5.41 Å². The fraction of sp³-hybridized carbons (Fsp3) is 0.583. The number of sulfonamides is 1. The molecule has 1 rings (SSSR count). The highest BCUT2D eigenvalue weighted by Gasteiger charge is 2.22. The Morgan fingerprint density at radius 1 is 1.37 bits per heavy atom. The molecule has 1 aromatic rings. The van der Waals surface area contributed by atoms with E-state index in [4.69, 9.17) is 0 Å². The highest BCUT2D eigenvalue weighted by molar-refractivity contribution is 9.10. The van der Waals surface area contributed by atoms with Crippen LogP contribution in [0.3, 0.4) is 0 Å². The number of nitrogens with zero attached hydrogens (tertiary/aromatic N) is 1. The third kappa shape index (κ3) is 5.08. The number of nitrogens with one attached hydrogen (secondary N) is 2. The lowest BCUT2D eigenvalue weighted by molar-refractivity contribution is 0.407. The predicted molar refractivity (Wildman–Crippen MR) is 80.7 cm³/mol. The molecule has 19 heavy (non-hydrogen) atoms. The third-order valence-corrected chi connectivity index (χ3v) is 4.09. The number of hydrogen-bond donors (Lipinski definition) is 2. The largest absolute Gasteiger partial charge is 0.369 e. The summed E-state index contributed by atoms with van der Waals surface area (Å²) >= 11 is 3.25.